The molecule has 2 aliphatic rings. The van der Waals surface area contributed by atoms with Crippen molar-refractivity contribution in [2.24, 2.45) is 0 Å². The number of piperazine rings is 1. The Bertz CT molecular complexity index is 2020. The SMILES string of the molecule is C=CC(=O)N1C(C)CN(c2nc(=O)n3c4c(c(-c5ccc(F)c6sc(N)c(C#N)c56)c(C(F)(F)F)cc24)SCC(OC)C3)CC1C.CC. The molecule has 9 nitrogen and oxygen atoms in total. The standard InChI is InChI=1S/C31H28F4N6O3S2.C2H6/c1-5-22(42)41-14(2)10-39(11-15(41)3)29-18-8-20(31(33,34)35)24(17-6-7-21(32)26-23(17)19(9-36)28(37)46-26)27-25(18)40(30(43)38-29)12-16(44-4)13-45-27;1-2/h5-8,14-16H,1,10-13,37H2,2-4H3;1-2H3. The van der Waals surface area contributed by atoms with Crippen LogP contribution in [0.2, 0.25) is 0 Å². The highest BCUT2D eigenvalue weighted by Crippen LogP contribution is 2.51. The Morgan fingerprint density at radius 3 is 2.46 bits per heavy atom. The second-order valence-electron chi connectivity index (χ2n) is 11.3. The molecule has 1 amide bonds. The average Bonchev–Trinajstić information content (AvgIpc) is 3.26. The summed E-state index contributed by atoms with van der Waals surface area (Å²) in [5, 5.41) is 9.97. The Labute approximate surface area is 282 Å². The number of nitrogen functional groups attached to an aromatic ring is 1. The molecule has 4 heterocycles. The van der Waals surface area contributed by atoms with Crippen LogP contribution in [0.4, 0.5) is 28.4 Å². The lowest BCUT2D eigenvalue weighted by molar-refractivity contribution is -0.137. The van der Waals surface area contributed by atoms with E-state index in [0.717, 1.165) is 35.2 Å². The number of thioether (sulfide) groups is 1. The summed E-state index contributed by atoms with van der Waals surface area (Å²) >= 11 is 1.88. The molecule has 2 aromatic carbocycles. The van der Waals surface area contributed by atoms with E-state index in [4.69, 9.17) is 10.5 Å². The maximum atomic E-state index is 15.2. The van der Waals surface area contributed by atoms with Crippen LogP contribution in [0.25, 0.3) is 32.1 Å². The predicted molar refractivity (Wildman–Crippen MR) is 182 cm³/mol. The van der Waals surface area contributed by atoms with Crippen LogP contribution in [0.5, 0.6) is 0 Å². The third-order valence-corrected chi connectivity index (χ3v) is 10.7. The third-order valence-electron chi connectivity index (χ3n) is 8.48. The van der Waals surface area contributed by atoms with Gasteiger partial charge in [0.1, 0.15) is 22.7 Å². The molecule has 4 aromatic rings. The van der Waals surface area contributed by atoms with Crippen molar-refractivity contribution >= 4 is 60.8 Å². The number of methoxy groups -OCH3 is 1. The number of nitriles is 1. The highest BCUT2D eigenvalue weighted by molar-refractivity contribution is 7.99. The van der Waals surface area contributed by atoms with E-state index >= 15 is 17.6 Å². The molecule has 2 aliphatic heterocycles. The zero-order valence-corrected chi connectivity index (χ0v) is 28.6. The first kappa shape index (κ1) is 35.2. The Morgan fingerprint density at radius 1 is 1.21 bits per heavy atom. The molecule has 15 heteroatoms. The lowest BCUT2D eigenvalue weighted by Gasteiger charge is -2.44. The van der Waals surface area contributed by atoms with Crippen LogP contribution in [0.15, 0.2) is 40.5 Å². The number of rotatable bonds is 4. The maximum absolute atomic E-state index is 15.2. The second kappa shape index (κ2) is 13.4. The molecule has 6 rings (SSSR count). The van der Waals surface area contributed by atoms with Gasteiger partial charge in [-0.1, -0.05) is 26.5 Å². The van der Waals surface area contributed by atoms with Crippen molar-refractivity contribution in [2.75, 3.05) is 36.6 Å². The molecule has 2 aromatic heterocycles. The summed E-state index contributed by atoms with van der Waals surface area (Å²) in [4.78, 5) is 34.1. The van der Waals surface area contributed by atoms with Gasteiger partial charge in [0.15, 0.2) is 0 Å². The minimum atomic E-state index is -4.91. The lowest BCUT2D eigenvalue weighted by Crippen LogP contribution is -2.58. The summed E-state index contributed by atoms with van der Waals surface area (Å²) in [5.41, 5.74) is 4.13. The van der Waals surface area contributed by atoms with Crippen molar-refractivity contribution in [1.82, 2.24) is 14.5 Å². The van der Waals surface area contributed by atoms with Gasteiger partial charge in [-0.15, -0.1) is 23.1 Å². The van der Waals surface area contributed by atoms with Gasteiger partial charge in [0.05, 0.1) is 34.0 Å². The van der Waals surface area contributed by atoms with Gasteiger partial charge in [0.25, 0.3) is 0 Å². The van der Waals surface area contributed by atoms with Crippen molar-refractivity contribution in [2.45, 2.75) is 63.5 Å². The number of ether oxygens (including phenoxy) is 1. The van der Waals surface area contributed by atoms with Crippen LogP contribution in [-0.2, 0) is 22.3 Å². The monoisotopic (exact) mass is 702 g/mol. The zero-order chi connectivity index (χ0) is 35.2. The molecule has 3 atom stereocenters. The molecular formula is C33H34F4N6O3S2. The minimum absolute atomic E-state index is 0.0168. The van der Waals surface area contributed by atoms with Crippen LogP contribution >= 0.6 is 23.1 Å². The van der Waals surface area contributed by atoms with Crippen LogP contribution in [0.3, 0.4) is 0 Å². The van der Waals surface area contributed by atoms with E-state index in [9.17, 15) is 14.9 Å². The number of carbonyl (C=O) groups excluding carboxylic acids is 1. The minimum Gasteiger partial charge on any atom is -0.389 e. The van der Waals surface area contributed by atoms with Crippen LogP contribution in [0, 0.1) is 17.1 Å². The largest absolute Gasteiger partial charge is 0.417 e. The molecule has 254 valence electrons. The Balaban J connectivity index is 0.00000221. The molecule has 0 radical (unpaired) electrons. The van der Waals surface area contributed by atoms with Gasteiger partial charge in [-0.05, 0) is 37.6 Å². The molecule has 0 bridgehead atoms. The molecule has 2 N–H and O–H groups in total. The molecule has 0 spiro atoms. The number of nitrogens with zero attached hydrogens (tertiary/aromatic N) is 5. The van der Waals surface area contributed by atoms with E-state index in [0.29, 0.717) is 0 Å². The molecule has 1 saturated heterocycles. The number of hydrogen-bond donors (Lipinski definition) is 1. The Morgan fingerprint density at radius 2 is 1.88 bits per heavy atom. The quantitative estimate of drug-likeness (QED) is 0.186. The number of nitrogens with two attached hydrogens (primary N) is 1. The number of aromatic nitrogens is 2. The normalized spacial score (nSPS) is 19.5. The van der Waals surface area contributed by atoms with Gasteiger partial charge in [0, 0.05) is 59.3 Å². The second-order valence-corrected chi connectivity index (χ2v) is 13.4. The molecule has 1 fully saturated rings. The van der Waals surface area contributed by atoms with Crippen molar-refractivity contribution in [3.8, 4) is 17.2 Å². The fourth-order valence-corrected chi connectivity index (χ4v) is 8.82. The van der Waals surface area contributed by atoms with E-state index in [-0.39, 0.29) is 96.8 Å². The fraction of sp³-hybridized carbons (Fsp3) is 0.394. The molecule has 48 heavy (non-hydrogen) atoms. The maximum Gasteiger partial charge on any atom is 0.417 e. The first-order valence-corrected chi connectivity index (χ1v) is 17.1. The number of amides is 1. The van der Waals surface area contributed by atoms with Crippen molar-refractivity contribution in [3.63, 3.8) is 0 Å². The summed E-state index contributed by atoms with van der Waals surface area (Å²) in [7, 11) is 1.46. The van der Waals surface area contributed by atoms with Crippen molar-refractivity contribution in [1.29, 1.82) is 5.26 Å². The summed E-state index contributed by atoms with van der Waals surface area (Å²) in [6.45, 7) is 11.6. The topological polar surface area (TPSA) is 117 Å². The molecule has 3 unspecified atom stereocenters. The zero-order valence-electron chi connectivity index (χ0n) is 26.9. The number of carbonyl (C=O) groups is 1. The van der Waals surface area contributed by atoms with Gasteiger partial charge >= 0.3 is 11.9 Å². The van der Waals surface area contributed by atoms with E-state index in [1.165, 1.54) is 23.8 Å². The fourth-order valence-electron chi connectivity index (χ4n) is 6.55. The van der Waals surface area contributed by atoms with Gasteiger partial charge in [-0.25, -0.2) is 9.18 Å². The van der Waals surface area contributed by atoms with Gasteiger partial charge in [-0.2, -0.15) is 23.4 Å². The highest BCUT2D eigenvalue weighted by Gasteiger charge is 2.40. The Hall–Kier alpha value is -4.13. The van der Waals surface area contributed by atoms with Gasteiger partial charge in [0.2, 0.25) is 5.91 Å². The highest BCUT2D eigenvalue weighted by atomic mass is 32.2. The van der Waals surface area contributed by atoms with E-state index in [1.807, 2.05) is 33.8 Å². The molecular weight excluding hydrogens is 669 g/mol. The van der Waals surface area contributed by atoms with E-state index in [2.05, 4.69) is 11.6 Å². The van der Waals surface area contributed by atoms with Crippen LogP contribution < -0.4 is 16.3 Å². The first-order chi connectivity index (χ1) is 22.8. The number of halogens is 4. The van der Waals surface area contributed by atoms with E-state index in [1.54, 1.807) is 9.80 Å². The number of fused-ring (bicyclic) bond motifs is 1. The van der Waals surface area contributed by atoms with E-state index < -0.39 is 29.4 Å². The summed E-state index contributed by atoms with van der Waals surface area (Å²) in [6, 6.07) is 4.47. The Kier molecular flexibility index (Phi) is 9.83. The van der Waals surface area contributed by atoms with Gasteiger partial charge < -0.3 is 20.3 Å². The molecule has 0 aliphatic carbocycles. The van der Waals surface area contributed by atoms with Crippen molar-refractivity contribution in [3.05, 3.63) is 58.3 Å². The smallest absolute Gasteiger partial charge is 0.389 e. The van der Waals surface area contributed by atoms with Gasteiger partial charge in [-0.3, -0.25) is 9.36 Å². The number of thiophene rings is 1. The van der Waals surface area contributed by atoms with Crippen molar-refractivity contribution < 1.29 is 27.1 Å². The lowest BCUT2D eigenvalue weighted by atomic mass is 9.92. The summed E-state index contributed by atoms with van der Waals surface area (Å²) in [6.07, 6.45) is -4.23. The number of hydrogen-bond acceptors (Lipinski definition) is 9. The first-order valence-electron chi connectivity index (χ1n) is 15.3. The number of benzene rings is 2. The predicted octanol–water partition coefficient (Wildman–Crippen LogP) is 6.65. The molecule has 0 saturated carbocycles. The summed E-state index contributed by atoms with van der Waals surface area (Å²) < 4.78 is 67.5. The average molecular weight is 703 g/mol. The summed E-state index contributed by atoms with van der Waals surface area (Å²) in [5.74, 6) is -0.723. The number of anilines is 2. The third kappa shape index (κ3) is 5.79. The number of alkyl halides is 3. The van der Waals surface area contributed by atoms with Crippen LogP contribution in [0.1, 0.15) is 38.8 Å². The van der Waals surface area contributed by atoms with Crippen LogP contribution in [-0.4, -0.2) is 64.5 Å².